The molecule has 1 atom stereocenters. The lowest BCUT2D eigenvalue weighted by Gasteiger charge is -2.34. The Bertz CT molecular complexity index is 271. The smallest absolute Gasteiger partial charge is 0.0835 e. The number of hydrogen-bond acceptors (Lipinski definition) is 0. The minimum Gasteiger partial charge on any atom is -0.0835 e. The average Bonchev–Trinajstić information content (AvgIpc) is 2.02. The van der Waals surface area contributed by atoms with E-state index < -0.39 is 9.21 Å². The van der Waals surface area contributed by atoms with Crippen molar-refractivity contribution in [3.8, 4) is 0 Å². The minimum atomic E-state index is -1.27. The Morgan fingerprint density at radius 1 is 1.36 bits per heavy atom. The van der Waals surface area contributed by atoms with E-state index in [0.717, 1.165) is 6.42 Å². The summed E-state index contributed by atoms with van der Waals surface area (Å²) in [4.78, 5) is 0. The highest BCUT2D eigenvalue weighted by Gasteiger charge is 2.42. The van der Waals surface area contributed by atoms with Gasteiger partial charge >= 0.3 is 0 Å². The highest BCUT2D eigenvalue weighted by Crippen LogP contribution is 2.49. The number of rotatable bonds is 1. The summed E-state index contributed by atoms with van der Waals surface area (Å²) in [6, 6.07) is 0. The molecule has 0 aliphatic heterocycles. The van der Waals surface area contributed by atoms with Crippen molar-refractivity contribution in [1.82, 2.24) is 0 Å². The van der Waals surface area contributed by atoms with Crippen LogP contribution in [0.3, 0.4) is 0 Å². The van der Waals surface area contributed by atoms with E-state index in [-0.39, 0.29) is 0 Å². The highest BCUT2D eigenvalue weighted by atomic mass is 35.6. The Kier molecular flexibility index (Phi) is 3.62. The summed E-state index contributed by atoms with van der Waals surface area (Å²) in [7, 11) is 0. The minimum absolute atomic E-state index is 0.477. The van der Waals surface area contributed by atoms with E-state index in [4.69, 9.17) is 34.8 Å². The van der Waals surface area contributed by atoms with Crippen molar-refractivity contribution in [3.63, 3.8) is 0 Å². The molecule has 80 valence electrons. The summed E-state index contributed by atoms with van der Waals surface area (Å²) in [5, 5.41) is 0. The van der Waals surface area contributed by atoms with Gasteiger partial charge in [0.2, 0.25) is 3.79 Å². The molecule has 0 fully saturated rings. The van der Waals surface area contributed by atoms with Crippen LogP contribution in [0.1, 0.15) is 27.2 Å². The largest absolute Gasteiger partial charge is 0.202 e. The zero-order chi connectivity index (χ0) is 11.0. The van der Waals surface area contributed by atoms with Gasteiger partial charge in [-0.15, -0.1) is 0 Å². The molecule has 1 rings (SSSR count). The zero-order valence-electron chi connectivity index (χ0n) is 8.65. The van der Waals surface area contributed by atoms with Crippen molar-refractivity contribution in [2.45, 2.75) is 31.0 Å². The van der Waals surface area contributed by atoms with Crippen LogP contribution >= 0.6 is 34.8 Å². The van der Waals surface area contributed by atoms with Crippen LogP contribution in [0.4, 0.5) is 0 Å². The van der Waals surface area contributed by atoms with Crippen molar-refractivity contribution in [3.05, 3.63) is 23.8 Å². The van der Waals surface area contributed by atoms with Crippen LogP contribution in [-0.4, -0.2) is 3.79 Å². The van der Waals surface area contributed by atoms with Gasteiger partial charge in [0.15, 0.2) is 0 Å². The monoisotopic (exact) mass is 252 g/mol. The van der Waals surface area contributed by atoms with E-state index in [1.54, 1.807) is 0 Å². The number of allylic oxidation sites excluding steroid dienone is 4. The quantitative estimate of drug-likeness (QED) is 0.460. The molecule has 14 heavy (non-hydrogen) atoms. The standard InChI is InChI=1S/C11H15Cl3/c1-8(2)9-5-4-6-10(3,7-9)11(12,13)14/h4,6-8H,5H2,1-3H3. The normalized spacial score (nSPS) is 28.1. The fourth-order valence-electron chi connectivity index (χ4n) is 1.51. The molecule has 1 aliphatic carbocycles. The van der Waals surface area contributed by atoms with Gasteiger partial charge in [0.05, 0.1) is 5.41 Å². The third kappa shape index (κ3) is 2.48. The second-order valence-corrected chi connectivity index (χ2v) is 6.54. The van der Waals surface area contributed by atoms with Crippen LogP contribution in [0.25, 0.3) is 0 Å². The first-order chi connectivity index (χ1) is 6.26. The van der Waals surface area contributed by atoms with Crippen LogP contribution in [0.2, 0.25) is 0 Å². The Morgan fingerprint density at radius 2 is 1.93 bits per heavy atom. The van der Waals surface area contributed by atoms with Gasteiger partial charge in [-0.3, -0.25) is 0 Å². The van der Waals surface area contributed by atoms with E-state index in [1.807, 2.05) is 13.0 Å². The molecule has 1 aliphatic rings. The SMILES string of the molecule is CC(C)C1=CC(C)(C(Cl)(Cl)Cl)C=CC1. The molecule has 0 N–H and O–H groups in total. The zero-order valence-corrected chi connectivity index (χ0v) is 10.9. The molecule has 0 nitrogen and oxygen atoms in total. The Hall–Kier alpha value is 0.350. The molecule has 0 saturated carbocycles. The molecule has 0 aromatic carbocycles. The fourth-order valence-corrected chi connectivity index (χ4v) is 1.86. The first-order valence-electron chi connectivity index (χ1n) is 4.72. The number of alkyl halides is 3. The molecule has 0 aromatic heterocycles. The van der Waals surface area contributed by atoms with Crippen molar-refractivity contribution >= 4 is 34.8 Å². The number of hydrogen-bond donors (Lipinski definition) is 0. The molecule has 0 radical (unpaired) electrons. The summed E-state index contributed by atoms with van der Waals surface area (Å²) in [5.41, 5.74) is 0.858. The van der Waals surface area contributed by atoms with Crippen LogP contribution in [-0.2, 0) is 0 Å². The maximum atomic E-state index is 5.96. The molecule has 0 saturated heterocycles. The van der Waals surface area contributed by atoms with Crippen LogP contribution in [0.5, 0.6) is 0 Å². The Balaban J connectivity index is 3.01. The van der Waals surface area contributed by atoms with Gasteiger partial charge in [-0.05, 0) is 19.3 Å². The lowest BCUT2D eigenvalue weighted by Crippen LogP contribution is -2.30. The molecule has 3 heteroatoms. The van der Waals surface area contributed by atoms with Gasteiger partial charge in [0.1, 0.15) is 0 Å². The van der Waals surface area contributed by atoms with Gasteiger partial charge in [-0.2, -0.15) is 0 Å². The highest BCUT2D eigenvalue weighted by molar-refractivity contribution is 6.68. The molecule has 0 bridgehead atoms. The molecule has 0 amide bonds. The van der Waals surface area contributed by atoms with E-state index in [2.05, 4.69) is 26.0 Å². The first-order valence-corrected chi connectivity index (χ1v) is 5.86. The van der Waals surface area contributed by atoms with E-state index in [1.165, 1.54) is 5.57 Å². The molecular weight excluding hydrogens is 238 g/mol. The maximum Gasteiger partial charge on any atom is 0.202 e. The average molecular weight is 254 g/mol. The summed E-state index contributed by atoms with van der Waals surface area (Å²) >= 11 is 17.9. The van der Waals surface area contributed by atoms with Crippen LogP contribution in [0, 0.1) is 11.3 Å². The maximum absolute atomic E-state index is 5.96. The summed E-state index contributed by atoms with van der Waals surface area (Å²) in [6.07, 6.45) is 7.11. The third-order valence-corrected chi connectivity index (χ3v) is 3.88. The van der Waals surface area contributed by atoms with Gasteiger partial charge in [-0.25, -0.2) is 0 Å². The van der Waals surface area contributed by atoms with Crippen LogP contribution in [0.15, 0.2) is 23.8 Å². The number of halogens is 3. The van der Waals surface area contributed by atoms with Gasteiger partial charge in [0.25, 0.3) is 0 Å². The predicted octanol–water partition coefficient (Wildman–Crippen LogP) is 4.91. The molecule has 0 aromatic rings. The van der Waals surface area contributed by atoms with Crippen molar-refractivity contribution in [2.75, 3.05) is 0 Å². The lowest BCUT2D eigenvalue weighted by atomic mass is 9.81. The third-order valence-electron chi connectivity index (χ3n) is 2.66. The van der Waals surface area contributed by atoms with Crippen molar-refractivity contribution in [1.29, 1.82) is 0 Å². The summed E-state index contributed by atoms with van der Waals surface area (Å²) in [5.74, 6) is 0.506. The van der Waals surface area contributed by atoms with E-state index in [9.17, 15) is 0 Å². The predicted molar refractivity (Wildman–Crippen MR) is 65.1 cm³/mol. The summed E-state index contributed by atoms with van der Waals surface area (Å²) < 4.78 is -1.27. The Morgan fingerprint density at radius 3 is 2.36 bits per heavy atom. The fraction of sp³-hybridized carbons (Fsp3) is 0.636. The second kappa shape index (κ2) is 4.08. The van der Waals surface area contributed by atoms with E-state index in [0.29, 0.717) is 5.92 Å². The molecule has 0 heterocycles. The van der Waals surface area contributed by atoms with Gasteiger partial charge in [0, 0.05) is 0 Å². The van der Waals surface area contributed by atoms with Crippen LogP contribution < -0.4 is 0 Å². The van der Waals surface area contributed by atoms with Crippen molar-refractivity contribution in [2.24, 2.45) is 11.3 Å². The topological polar surface area (TPSA) is 0 Å². The first kappa shape index (κ1) is 12.4. The van der Waals surface area contributed by atoms with Gasteiger partial charge in [-0.1, -0.05) is 72.5 Å². The van der Waals surface area contributed by atoms with E-state index >= 15 is 0 Å². The second-order valence-electron chi connectivity index (χ2n) is 4.26. The summed E-state index contributed by atoms with van der Waals surface area (Å²) in [6.45, 7) is 6.26. The Labute approximate surface area is 101 Å². The van der Waals surface area contributed by atoms with Crippen molar-refractivity contribution < 1.29 is 0 Å². The molecular formula is C11H15Cl3. The molecule has 1 unspecified atom stereocenters. The van der Waals surface area contributed by atoms with Gasteiger partial charge < -0.3 is 0 Å². The molecule has 0 spiro atoms. The lowest BCUT2D eigenvalue weighted by molar-refractivity contribution is 0.537.